The Hall–Kier alpha value is -3.80. The number of aliphatic hydroxyl groups is 1. The van der Waals surface area contributed by atoms with Crippen molar-refractivity contribution in [2.24, 2.45) is 0 Å². The van der Waals surface area contributed by atoms with E-state index >= 15 is 0 Å². The summed E-state index contributed by atoms with van der Waals surface area (Å²) < 4.78 is 75.6. The fourth-order valence-electron chi connectivity index (χ4n) is 5.49. The maximum atomic E-state index is 13.9. The number of hydrogen-bond acceptors (Lipinski definition) is 5. The molecule has 1 aliphatic rings. The molecule has 0 heterocycles. The summed E-state index contributed by atoms with van der Waals surface area (Å²) in [6, 6.07) is 13.3. The molecule has 1 aliphatic carbocycles. The number of ether oxygens (including phenoxy) is 2. The first-order chi connectivity index (χ1) is 21.5. The Morgan fingerprint density at radius 1 is 1.04 bits per heavy atom. The zero-order valence-corrected chi connectivity index (χ0v) is 24.9. The average molecular weight is 633 g/mol. The lowest BCUT2D eigenvalue weighted by atomic mass is 9.98. The Morgan fingerprint density at radius 2 is 1.73 bits per heavy atom. The molecule has 0 fully saturated rings. The first-order valence-electron chi connectivity index (χ1n) is 14.8. The number of alkyl halides is 3. The number of carbonyl (C=O) groups is 1. The zero-order valence-electron chi connectivity index (χ0n) is 24.9. The maximum absolute atomic E-state index is 13.9. The van der Waals surface area contributed by atoms with E-state index in [0.717, 1.165) is 29.2 Å². The molecular formula is C34H37F5N2O4. The molecule has 3 aromatic rings. The number of hydrogen-bond donors (Lipinski definition) is 3. The number of halogens is 5. The molecule has 3 aromatic carbocycles. The summed E-state index contributed by atoms with van der Waals surface area (Å²) in [6.07, 6.45) is -2.26. The Kier molecular flexibility index (Phi) is 11.7. The van der Waals surface area contributed by atoms with Crippen LogP contribution in [0.25, 0.3) is 11.1 Å². The predicted molar refractivity (Wildman–Crippen MR) is 160 cm³/mol. The molecule has 0 aliphatic heterocycles. The van der Waals surface area contributed by atoms with E-state index in [2.05, 4.69) is 21.9 Å². The van der Waals surface area contributed by atoms with Crippen LogP contribution in [-0.2, 0) is 16.0 Å². The Balaban J connectivity index is 1.53. The predicted octanol–water partition coefficient (Wildman–Crippen LogP) is 7.09. The van der Waals surface area contributed by atoms with Crippen LogP contribution in [0.5, 0.6) is 5.75 Å². The van der Waals surface area contributed by atoms with Crippen LogP contribution in [0.4, 0.5) is 22.0 Å². The molecule has 0 saturated carbocycles. The summed E-state index contributed by atoms with van der Waals surface area (Å²) in [7, 11) is 0. The summed E-state index contributed by atoms with van der Waals surface area (Å²) in [5, 5.41) is 17.4. The van der Waals surface area contributed by atoms with Gasteiger partial charge in [-0.2, -0.15) is 0 Å². The topological polar surface area (TPSA) is 79.8 Å². The fraction of sp³-hybridized carbons (Fsp3) is 0.382. The third-order valence-electron chi connectivity index (χ3n) is 7.61. The summed E-state index contributed by atoms with van der Waals surface area (Å²) in [6.45, 7) is 6.02. The second-order valence-corrected chi connectivity index (χ2v) is 11.0. The smallest absolute Gasteiger partial charge is 0.406 e. The van der Waals surface area contributed by atoms with Gasteiger partial charge in [-0.3, -0.25) is 4.79 Å². The van der Waals surface area contributed by atoms with Gasteiger partial charge >= 0.3 is 6.36 Å². The van der Waals surface area contributed by atoms with E-state index in [0.29, 0.717) is 30.6 Å². The number of aliphatic hydroxyl groups excluding tert-OH is 1. The Labute approximate surface area is 259 Å². The highest BCUT2D eigenvalue weighted by Crippen LogP contribution is 2.43. The van der Waals surface area contributed by atoms with Crippen molar-refractivity contribution in [1.82, 2.24) is 10.6 Å². The van der Waals surface area contributed by atoms with E-state index in [4.69, 9.17) is 4.74 Å². The standard InChI is InChI=1S/C34H37F5N2O4/c1-3-5-6-33(43)41-30(16-21-14-24(35)18-25(36)15-21)31(42)20-40-29-19-32(44-13-4-2)27-12-9-23(17-28(27)29)22-7-10-26(11-8-22)45-34(37,38)39/h4,7-12,14-15,17-18,29-32,40,42H,2-3,5-6,13,16,19-20H2,1H3,(H,41,43)/t29-,30-,31+,32+/m0/s1. The number of rotatable bonds is 15. The largest absolute Gasteiger partial charge is 0.573 e. The van der Waals surface area contributed by atoms with Gasteiger partial charge in [0.05, 0.1) is 24.9 Å². The number of carbonyl (C=O) groups excluding carboxylic acids is 1. The number of nitrogens with one attached hydrogen (secondary N) is 2. The second-order valence-electron chi connectivity index (χ2n) is 11.0. The Bertz CT molecular complexity index is 1430. The fourth-order valence-corrected chi connectivity index (χ4v) is 5.49. The summed E-state index contributed by atoms with van der Waals surface area (Å²) in [5.74, 6) is -2.09. The van der Waals surface area contributed by atoms with E-state index in [1.165, 1.54) is 36.4 Å². The molecule has 3 N–H and O–H groups in total. The molecule has 0 spiro atoms. The first-order valence-corrected chi connectivity index (χ1v) is 14.8. The molecule has 45 heavy (non-hydrogen) atoms. The van der Waals surface area contributed by atoms with Crippen molar-refractivity contribution in [1.29, 1.82) is 0 Å². The van der Waals surface area contributed by atoms with Crippen molar-refractivity contribution in [2.45, 2.75) is 69.7 Å². The van der Waals surface area contributed by atoms with Gasteiger partial charge in [0.1, 0.15) is 17.4 Å². The van der Waals surface area contributed by atoms with Crippen LogP contribution in [-0.4, -0.2) is 42.7 Å². The van der Waals surface area contributed by atoms with Crippen molar-refractivity contribution in [3.63, 3.8) is 0 Å². The van der Waals surface area contributed by atoms with Crippen LogP contribution >= 0.6 is 0 Å². The number of fused-ring (bicyclic) bond motifs is 1. The van der Waals surface area contributed by atoms with Gasteiger partial charge in [0.2, 0.25) is 5.91 Å². The third kappa shape index (κ3) is 9.84. The molecule has 242 valence electrons. The minimum atomic E-state index is -4.79. The van der Waals surface area contributed by atoms with E-state index in [1.54, 1.807) is 6.08 Å². The van der Waals surface area contributed by atoms with Crippen LogP contribution in [0, 0.1) is 11.6 Å². The summed E-state index contributed by atoms with van der Waals surface area (Å²) >= 11 is 0. The lowest BCUT2D eigenvalue weighted by molar-refractivity contribution is -0.274. The lowest BCUT2D eigenvalue weighted by Crippen LogP contribution is -2.49. The van der Waals surface area contributed by atoms with Gasteiger partial charge in [-0.05, 0) is 77.4 Å². The van der Waals surface area contributed by atoms with E-state index < -0.39 is 30.1 Å². The molecule has 0 bridgehead atoms. The molecule has 4 atom stereocenters. The van der Waals surface area contributed by atoms with E-state index in [9.17, 15) is 31.9 Å². The van der Waals surface area contributed by atoms with Crippen molar-refractivity contribution in [2.75, 3.05) is 13.2 Å². The summed E-state index contributed by atoms with van der Waals surface area (Å²) in [5.41, 5.74) is 3.55. The molecule has 0 aromatic heterocycles. The van der Waals surface area contributed by atoms with Crippen LogP contribution in [0.2, 0.25) is 0 Å². The molecule has 0 saturated heterocycles. The minimum Gasteiger partial charge on any atom is -0.406 e. The number of amides is 1. The molecular weight excluding hydrogens is 595 g/mol. The molecule has 0 radical (unpaired) electrons. The van der Waals surface area contributed by atoms with Gasteiger partial charge in [0.25, 0.3) is 0 Å². The molecule has 11 heteroatoms. The van der Waals surface area contributed by atoms with Gasteiger partial charge in [0.15, 0.2) is 0 Å². The van der Waals surface area contributed by atoms with Crippen LogP contribution in [0.15, 0.2) is 73.3 Å². The van der Waals surface area contributed by atoms with Crippen molar-refractivity contribution >= 4 is 5.91 Å². The van der Waals surface area contributed by atoms with Gasteiger partial charge < -0.3 is 25.2 Å². The van der Waals surface area contributed by atoms with Crippen molar-refractivity contribution < 1.29 is 41.3 Å². The summed E-state index contributed by atoms with van der Waals surface area (Å²) in [4.78, 5) is 12.6. The van der Waals surface area contributed by atoms with Gasteiger partial charge in [-0.15, -0.1) is 19.8 Å². The first kappa shape index (κ1) is 34.1. The molecule has 0 unspecified atom stereocenters. The highest BCUT2D eigenvalue weighted by Gasteiger charge is 2.33. The lowest BCUT2D eigenvalue weighted by Gasteiger charge is -2.26. The monoisotopic (exact) mass is 632 g/mol. The second kappa shape index (κ2) is 15.5. The third-order valence-corrected chi connectivity index (χ3v) is 7.61. The molecule has 6 nitrogen and oxygen atoms in total. The maximum Gasteiger partial charge on any atom is 0.573 e. The minimum absolute atomic E-state index is 0.0138. The van der Waals surface area contributed by atoms with Crippen LogP contribution < -0.4 is 15.4 Å². The van der Waals surface area contributed by atoms with Gasteiger partial charge in [0, 0.05) is 25.1 Å². The van der Waals surface area contributed by atoms with E-state index in [-0.39, 0.29) is 43.2 Å². The van der Waals surface area contributed by atoms with E-state index in [1.807, 2.05) is 25.1 Å². The SMILES string of the molecule is C=CCO[C@@H]1C[C@H](NC[C@@H](O)[C@H](Cc2cc(F)cc(F)c2)NC(=O)CCCC)c2cc(-c3ccc(OC(F)(F)F)cc3)ccc21. The van der Waals surface area contributed by atoms with Gasteiger partial charge in [-0.1, -0.05) is 43.7 Å². The number of benzene rings is 3. The quantitative estimate of drug-likeness (QED) is 0.123. The van der Waals surface area contributed by atoms with Crippen molar-refractivity contribution in [3.8, 4) is 16.9 Å². The highest BCUT2D eigenvalue weighted by atomic mass is 19.4. The Morgan fingerprint density at radius 3 is 2.38 bits per heavy atom. The zero-order chi connectivity index (χ0) is 32.6. The van der Waals surface area contributed by atoms with Gasteiger partial charge in [-0.25, -0.2) is 8.78 Å². The molecule has 1 amide bonds. The molecule has 4 rings (SSSR count). The van der Waals surface area contributed by atoms with Crippen LogP contribution in [0.1, 0.15) is 61.4 Å². The highest BCUT2D eigenvalue weighted by molar-refractivity contribution is 5.76. The van der Waals surface area contributed by atoms with Crippen molar-refractivity contribution in [3.05, 3.63) is 102 Å². The van der Waals surface area contributed by atoms with Crippen LogP contribution in [0.3, 0.4) is 0 Å². The average Bonchev–Trinajstić information content (AvgIpc) is 3.33. The number of unbranched alkanes of at least 4 members (excludes halogenated alkanes) is 1. The normalized spacial score (nSPS) is 17.4.